The van der Waals surface area contributed by atoms with Crippen LogP contribution < -0.4 is 0 Å². The van der Waals surface area contributed by atoms with Crippen molar-refractivity contribution >= 4 is 16.7 Å². The lowest BCUT2D eigenvalue weighted by atomic mass is 9.70. The molecule has 2 aromatic rings. The predicted octanol–water partition coefficient (Wildman–Crippen LogP) is 2.81. The summed E-state index contributed by atoms with van der Waals surface area (Å²) in [6, 6.07) is 8.49. The normalized spacial score (nSPS) is 27.4. The molecule has 1 aromatic carbocycles. The summed E-state index contributed by atoms with van der Waals surface area (Å²) in [5.41, 5.74) is 1.12. The summed E-state index contributed by atoms with van der Waals surface area (Å²) in [4.78, 5) is 21.9. The molecule has 3 aliphatic heterocycles. The van der Waals surface area contributed by atoms with Gasteiger partial charge in [0.25, 0.3) is 5.91 Å². The first-order valence-electron chi connectivity index (χ1n) is 10.1. The third-order valence-corrected chi connectivity index (χ3v) is 7.16. The summed E-state index contributed by atoms with van der Waals surface area (Å²) in [5, 5.41) is 2.15. The van der Waals surface area contributed by atoms with Gasteiger partial charge in [-0.05, 0) is 48.4 Å². The molecule has 3 fully saturated rings. The van der Waals surface area contributed by atoms with Crippen LogP contribution in [0.15, 0.2) is 36.7 Å². The lowest BCUT2D eigenvalue weighted by Crippen LogP contribution is -2.47. The topological polar surface area (TPSA) is 45.7 Å². The summed E-state index contributed by atoms with van der Waals surface area (Å²) in [7, 11) is 0. The van der Waals surface area contributed by atoms with E-state index in [4.69, 9.17) is 4.74 Å². The Morgan fingerprint density at radius 1 is 1.22 bits per heavy atom. The van der Waals surface area contributed by atoms with E-state index in [-0.39, 0.29) is 5.91 Å². The van der Waals surface area contributed by atoms with E-state index in [0.717, 1.165) is 62.0 Å². The summed E-state index contributed by atoms with van der Waals surface area (Å²) in [6.07, 6.45) is 5.81. The van der Waals surface area contributed by atoms with Gasteiger partial charge in [-0.25, -0.2) is 0 Å². The number of aromatic nitrogens is 1. The zero-order valence-electron chi connectivity index (χ0n) is 15.9. The van der Waals surface area contributed by atoms with Crippen molar-refractivity contribution in [2.75, 3.05) is 39.4 Å². The second-order valence-electron chi connectivity index (χ2n) is 8.37. The van der Waals surface area contributed by atoms with Gasteiger partial charge in [0.1, 0.15) is 0 Å². The van der Waals surface area contributed by atoms with Crippen LogP contribution in [0.1, 0.15) is 30.1 Å². The Kier molecular flexibility index (Phi) is 4.17. The standard InChI is InChI=1S/C22H27N3O2/c1-2-24-15-22(19-13-27-14-20(19)24)6-9-25(10-7-22)21(26)17-3-4-18-12-23-8-5-16(18)11-17/h3-5,8,11-12,19-20H,2,6-7,9-10,13-15H2,1H3/t19-,20+/m0/s1. The van der Waals surface area contributed by atoms with Crippen molar-refractivity contribution in [1.29, 1.82) is 0 Å². The van der Waals surface area contributed by atoms with E-state index >= 15 is 0 Å². The maximum absolute atomic E-state index is 13.1. The van der Waals surface area contributed by atoms with Gasteiger partial charge in [0.2, 0.25) is 0 Å². The van der Waals surface area contributed by atoms with Crippen molar-refractivity contribution in [3.8, 4) is 0 Å². The highest BCUT2D eigenvalue weighted by atomic mass is 16.5. The van der Waals surface area contributed by atoms with E-state index in [1.165, 1.54) is 6.54 Å². The first-order valence-corrected chi connectivity index (χ1v) is 10.1. The van der Waals surface area contributed by atoms with Crippen LogP contribution in [0.3, 0.4) is 0 Å². The monoisotopic (exact) mass is 365 g/mol. The van der Waals surface area contributed by atoms with Crippen LogP contribution in [-0.4, -0.2) is 66.1 Å². The number of carbonyl (C=O) groups is 1. The molecule has 27 heavy (non-hydrogen) atoms. The molecule has 0 saturated carbocycles. The van der Waals surface area contributed by atoms with Crippen LogP contribution in [0.4, 0.5) is 0 Å². The van der Waals surface area contributed by atoms with Crippen molar-refractivity contribution in [3.63, 3.8) is 0 Å². The molecule has 1 amide bonds. The number of rotatable bonds is 2. The molecule has 0 aliphatic carbocycles. The Labute approximate surface area is 160 Å². The van der Waals surface area contributed by atoms with Crippen molar-refractivity contribution < 1.29 is 9.53 Å². The molecule has 5 heteroatoms. The number of fused-ring (bicyclic) bond motifs is 3. The van der Waals surface area contributed by atoms with Crippen LogP contribution >= 0.6 is 0 Å². The molecule has 142 valence electrons. The van der Waals surface area contributed by atoms with Crippen LogP contribution in [0, 0.1) is 11.3 Å². The average molecular weight is 365 g/mol. The first kappa shape index (κ1) is 17.1. The van der Waals surface area contributed by atoms with E-state index in [9.17, 15) is 4.79 Å². The fraction of sp³-hybridized carbons (Fsp3) is 0.545. The summed E-state index contributed by atoms with van der Waals surface area (Å²) >= 11 is 0. The van der Waals surface area contributed by atoms with Crippen molar-refractivity contribution in [3.05, 3.63) is 42.2 Å². The largest absolute Gasteiger partial charge is 0.379 e. The SMILES string of the molecule is CCN1CC2(CCN(C(=O)c3ccc4cnccc4c3)CC2)[C@H]2COC[C@H]21. The third kappa shape index (κ3) is 2.75. The first-order chi connectivity index (χ1) is 13.2. The van der Waals surface area contributed by atoms with Crippen LogP contribution in [-0.2, 0) is 4.74 Å². The summed E-state index contributed by atoms with van der Waals surface area (Å²) in [5.74, 6) is 0.802. The van der Waals surface area contributed by atoms with Gasteiger partial charge < -0.3 is 9.64 Å². The van der Waals surface area contributed by atoms with Gasteiger partial charge in [-0.2, -0.15) is 0 Å². The smallest absolute Gasteiger partial charge is 0.253 e. The molecule has 0 N–H and O–H groups in total. The van der Waals surface area contributed by atoms with Gasteiger partial charge in [0.15, 0.2) is 0 Å². The predicted molar refractivity (Wildman–Crippen MR) is 105 cm³/mol. The van der Waals surface area contributed by atoms with E-state index in [1.807, 2.05) is 35.4 Å². The van der Waals surface area contributed by atoms with Gasteiger partial charge in [-0.1, -0.05) is 13.0 Å². The minimum atomic E-state index is 0.160. The molecule has 1 aromatic heterocycles. The number of pyridine rings is 1. The maximum Gasteiger partial charge on any atom is 0.253 e. The molecule has 0 bridgehead atoms. The minimum absolute atomic E-state index is 0.160. The number of benzene rings is 1. The molecule has 5 nitrogen and oxygen atoms in total. The lowest BCUT2D eigenvalue weighted by molar-refractivity contribution is 0.0403. The Balaban J connectivity index is 1.32. The fourth-order valence-corrected chi connectivity index (χ4v) is 5.56. The van der Waals surface area contributed by atoms with Gasteiger partial charge in [-0.3, -0.25) is 14.7 Å². The molecule has 5 rings (SSSR count). The minimum Gasteiger partial charge on any atom is -0.379 e. The number of carbonyl (C=O) groups excluding carboxylic acids is 1. The van der Waals surface area contributed by atoms with Crippen molar-refractivity contribution in [2.45, 2.75) is 25.8 Å². The molecule has 0 unspecified atom stereocenters. The quantitative estimate of drug-likeness (QED) is 0.821. The van der Waals surface area contributed by atoms with E-state index < -0.39 is 0 Å². The molecule has 2 atom stereocenters. The number of hydrogen-bond acceptors (Lipinski definition) is 4. The van der Waals surface area contributed by atoms with E-state index in [0.29, 0.717) is 17.4 Å². The van der Waals surface area contributed by atoms with E-state index in [2.05, 4.69) is 16.8 Å². The second-order valence-corrected chi connectivity index (χ2v) is 8.37. The molecule has 3 saturated heterocycles. The van der Waals surface area contributed by atoms with Gasteiger partial charge >= 0.3 is 0 Å². The van der Waals surface area contributed by atoms with Crippen molar-refractivity contribution in [2.24, 2.45) is 11.3 Å². The molecule has 3 aliphatic rings. The van der Waals surface area contributed by atoms with Crippen LogP contribution in [0.25, 0.3) is 10.8 Å². The highest BCUT2D eigenvalue weighted by Gasteiger charge is 2.55. The molecule has 1 spiro atoms. The molecule has 4 heterocycles. The van der Waals surface area contributed by atoms with Crippen LogP contribution in [0.2, 0.25) is 0 Å². The fourth-order valence-electron chi connectivity index (χ4n) is 5.56. The van der Waals surface area contributed by atoms with Crippen molar-refractivity contribution in [1.82, 2.24) is 14.8 Å². The molecule has 0 radical (unpaired) electrons. The Bertz CT molecular complexity index is 860. The Morgan fingerprint density at radius 3 is 2.89 bits per heavy atom. The second kappa shape index (κ2) is 6.57. The van der Waals surface area contributed by atoms with E-state index in [1.54, 1.807) is 6.20 Å². The summed E-state index contributed by atoms with van der Waals surface area (Å²) in [6.45, 7) is 8.01. The van der Waals surface area contributed by atoms with Gasteiger partial charge in [-0.15, -0.1) is 0 Å². The summed E-state index contributed by atoms with van der Waals surface area (Å²) < 4.78 is 5.83. The average Bonchev–Trinajstić information content (AvgIpc) is 3.31. The zero-order chi connectivity index (χ0) is 18.4. The number of piperidine rings is 1. The Morgan fingerprint density at radius 2 is 2.07 bits per heavy atom. The lowest BCUT2D eigenvalue weighted by Gasteiger charge is -2.42. The zero-order valence-corrected chi connectivity index (χ0v) is 15.9. The van der Waals surface area contributed by atoms with Gasteiger partial charge in [0, 0.05) is 54.9 Å². The number of hydrogen-bond donors (Lipinski definition) is 0. The Hall–Kier alpha value is -1.98. The van der Waals surface area contributed by atoms with Crippen LogP contribution in [0.5, 0.6) is 0 Å². The number of nitrogens with zero attached hydrogens (tertiary/aromatic N) is 3. The number of likely N-dealkylation sites (tertiary alicyclic amines) is 2. The third-order valence-electron chi connectivity index (χ3n) is 7.16. The maximum atomic E-state index is 13.1. The number of amides is 1. The van der Waals surface area contributed by atoms with Gasteiger partial charge in [0.05, 0.1) is 13.2 Å². The number of likely N-dealkylation sites (N-methyl/N-ethyl adjacent to an activating group) is 1. The highest BCUT2D eigenvalue weighted by molar-refractivity contribution is 5.98. The molecular weight excluding hydrogens is 338 g/mol. The number of ether oxygens (including phenoxy) is 1. The highest BCUT2D eigenvalue weighted by Crippen LogP contribution is 2.50. The molecular formula is C22H27N3O2.